The first-order chi connectivity index (χ1) is 15.0. The second kappa shape index (κ2) is 14.2. The third-order valence-corrected chi connectivity index (χ3v) is 5.08. The van der Waals surface area contributed by atoms with Crippen molar-refractivity contribution in [2.45, 2.75) is 93.2 Å². The summed E-state index contributed by atoms with van der Waals surface area (Å²) < 4.78 is 5.54. The number of hydrogen-bond donors (Lipinski definition) is 4. The van der Waals surface area contributed by atoms with Gasteiger partial charge in [-0.15, -0.1) is 0 Å². The molecule has 2 unspecified atom stereocenters. The van der Waals surface area contributed by atoms with Gasteiger partial charge in [0, 0.05) is 25.0 Å². The fourth-order valence-electron chi connectivity index (χ4n) is 3.00. The largest absolute Gasteiger partial charge is 0.381 e. The fourth-order valence-corrected chi connectivity index (χ4v) is 3.00. The molecule has 0 bridgehead atoms. The Labute approximate surface area is 199 Å². The van der Waals surface area contributed by atoms with E-state index in [0.717, 1.165) is 6.42 Å². The molecule has 5 N–H and O–H groups in total. The van der Waals surface area contributed by atoms with E-state index in [0.29, 0.717) is 26.0 Å². The van der Waals surface area contributed by atoms with Crippen molar-refractivity contribution < 1.29 is 23.9 Å². The molecular formula is C24H46N4O5. The van der Waals surface area contributed by atoms with Crippen LogP contribution in [0.4, 0.5) is 4.79 Å². The monoisotopic (exact) mass is 470 g/mol. The standard InChI is InChI=1S/C24H46N4O5/c1-16(2)19(28-18(29)11-14-33-15-12-23(3,4)5)21(31)27-17(20(30)24(6,7)8)10-9-13-26-22(25)32/h16-17,19H,9-15H2,1-8H3,(H,27,31)(H,28,29)(H3,25,26,32). The van der Waals surface area contributed by atoms with E-state index in [-0.39, 0.29) is 36.1 Å². The smallest absolute Gasteiger partial charge is 0.312 e. The van der Waals surface area contributed by atoms with Crippen LogP contribution in [-0.4, -0.2) is 55.5 Å². The molecule has 0 radical (unpaired) electrons. The van der Waals surface area contributed by atoms with Crippen LogP contribution in [0, 0.1) is 16.7 Å². The minimum atomic E-state index is -0.772. The zero-order valence-corrected chi connectivity index (χ0v) is 21.8. The molecule has 9 nitrogen and oxygen atoms in total. The van der Waals surface area contributed by atoms with E-state index in [1.165, 1.54) is 0 Å². The normalized spacial score (nSPS) is 13.8. The Morgan fingerprint density at radius 1 is 0.939 bits per heavy atom. The molecule has 9 heteroatoms. The van der Waals surface area contributed by atoms with Crippen LogP contribution in [0.5, 0.6) is 0 Å². The molecule has 33 heavy (non-hydrogen) atoms. The van der Waals surface area contributed by atoms with Gasteiger partial charge in [0.2, 0.25) is 11.8 Å². The number of carbonyl (C=O) groups is 4. The highest BCUT2D eigenvalue weighted by Crippen LogP contribution is 2.20. The van der Waals surface area contributed by atoms with Crippen molar-refractivity contribution in [1.29, 1.82) is 0 Å². The van der Waals surface area contributed by atoms with Crippen LogP contribution in [0.15, 0.2) is 0 Å². The number of amides is 4. The third-order valence-electron chi connectivity index (χ3n) is 5.08. The van der Waals surface area contributed by atoms with Crippen molar-refractivity contribution in [1.82, 2.24) is 16.0 Å². The van der Waals surface area contributed by atoms with Gasteiger partial charge in [-0.25, -0.2) is 4.79 Å². The molecule has 0 rings (SSSR count). The Kier molecular flexibility index (Phi) is 13.2. The molecule has 0 aliphatic rings. The predicted molar refractivity (Wildman–Crippen MR) is 129 cm³/mol. The molecule has 0 fully saturated rings. The summed E-state index contributed by atoms with van der Waals surface area (Å²) >= 11 is 0. The van der Waals surface area contributed by atoms with E-state index in [4.69, 9.17) is 10.5 Å². The number of rotatable bonds is 14. The first-order valence-corrected chi connectivity index (χ1v) is 11.8. The zero-order chi connectivity index (χ0) is 25.8. The second-order valence-electron chi connectivity index (χ2n) is 11.1. The number of primary amides is 1. The number of Topliss-reactive ketones (excluding diaryl/α,β-unsaturated/α-hetero) is 1. The van der Waals surface area contributed by atoms with Gasteiger partial charge in [0.05, 0.1) is 12.6 Å². The van der Waals surface area contributed by atoms with Crippen molar-refractivity contribution in [2.75, 3.05) is 19.8 Å². The quantitative estimate of drug-likeness (QED) is 0.289. The number of nitrogens with two attached hydrogens (primary N) is 1. The highest BCUT2D eigenvalue weighted by atomic mass is 16.5. The maximum Gasteiger partial charge on any atom is 0.312 e. The van der Waals surface area contributed by atoms with Gasteiger partial charge in [-0.1, -0.05) is 55.4 Å². The van der Waals surface area contributed by atoms with Gasteiger partial charge in [0.25, 0.3) is 0 Å². The van der Waals surface area contributed by atoms with E-state index < -0.39 is 29.4 Å². The molecule has 0 spiro atoms. The fraction of sp³-hybridized carbons (Fsp3) is 0.833. The van der Waals surface area contributed by atoms with Gasteiger partial charge in [0.15, 0.2) is 5.78 Å². The van der Waals surface area contributed by atoms with Gasteiger partial charge in [-0.3, -0.25) is 14.4 Å². The minimum Gasteiger partial charge on any atom is -0.381 e. The molecule has 2 atom stereocenters. The van der Waals surface area contributed by atoms with Crippen LogP contribution in [0.1, 0.15) is 81.1 Å². The van der Waals surface area contributed by atoms with E-state index in [1.807, 2.05) is 13.8 Å². The van der Waals surface area contributed by atoms with Crippen LogP contribution < -0.4 is 21.7 Å². The lowest BCUT2D eigenvalue weighted by molar-refractivity contribution is -0.135. The van der Waals surface area contributed by atoms with Crippen molar-refractivity contribution in [3.05, 3.63) is 0 Å². The molecule has 0 aromatic rings. The Bertz CT molecular complexity index is 650. The summed E-state index contributed by atoms with van der Waals surface area (Å²) in [7, 11) is 0. The Morgan fingerprint density at radius 3 is 2.03 bits per heavy atom. The third kappa shape index (κ3) is 14.6. The van der Waals surface area contributed by atoms with Gasteiger partial charge in [-0.2, -0.15) is 0 Å². The number of carbonyl (C=O) groups excluding carboxylic acids is 4. The topological polar surface area (TPSA) is 140 Å². The number of nitrogens with one attached hydrogen (secondary N) is 3. The molecule has 0 aliphatic carbocycles. The van der Waals surface area contributed by atoms with Gasteiger partial charge in [-0.05, 0) is 30.6 Å². The van der Waals surface area contributed by atoms with Crippen molar-refractivity contribution in [2.24, 2.45) is 22.5 Å². The number of hydrogen-bond acceptors (Lipinski definition) is 5. The molecular weight excluding hydrogens is 424 g/mol. The molecule has 192 valence electrons. The number of urea groups is 1. The van der Waals surface area contributed by atoms with Crippen LogP contribution >= 0.6 is 0 Å². The lowest BCUT2D eigenvalue weighted by Crippen LogP contribution is -2.55. The highest BCUT2D eigenvalue weighted by molar-refractivity contribution is 5.94. The SMILES string of the molecule is CC(C)C(NC(=O)CCOCCC(C)(C)C)C(=O)NC(CCCNC(N)=O)C(=O)C(C)(C)C. The van der Waals surface area contributed by atoms with Crippen LogP contribution in [0.25, 0.3) is 0 Å². The van der Waals surface area contributed by atoms with Crippen molar-refractivity contribution >= 4 is 23.6 Å². The summed E-state index contributed by atoms with van der Waals surface area (Å²) in [6.45, 7) is 16.6. The summed E-state index contributed by atoms with van der Waals surface area (Å²) in [5.41, 5.74) is 4.58. The maximum absolute atomic E-state index is 13.0. The lowest BCUT2D eigenvalue weighted by atomic mass is 9.84. The first kappa shape index (κ1) is 30.8. The summed E-state index contributed by atoms with van der Waals surface area (Å²) in [6, 6.07) is -2.14. The molecule has 0 heterocycles. The van der Waals surface area contributed by atoms with Gasteiger partial charge < -0.3 is 26.4 Å². The Morgan fingerprint density at radius 2 is 1.55 bits per heavy atom. The number of ketones is 1. The van der Waals surface area contributed by atoms with Crippen molar-refractivity contribution in [3.63, 3.8) is 0 Å². The Balaban J connectivity index is 4.94. The van der Waals surface area contributed by atoms with Gasteiger partial charge >= 0.3 is 6.03 Å². The molecule has 4 amide bonds. The summed E-state index contributed by atoms with van der Waals surface area (Å²) in [5.74, 6) is -0.963. The average molecular weight is 471 g/mol. The van der Waals surface area contributed by atoms with Crippen LogP contribution in [0.2, 0.25) is 0 Å². The molecule has 0 saturated heterocycles. The van der Waals surface area contributed by atoms with Crippen LogP contribution in [0.3, 0.4) is 0 Å². The van der Waals surface area contributed by atoms with Crippen LogP contribution in [-0.2, 0) is 19.1 Å². The van der Waals surface area contributed by atoms with E-state index in [2.05, 4.69) is 36.7 Å². The van der Waals surface area contributed by atoms with E-state index >= 15 is 0 Å². The number of ether oxygens (including phenoxy) is 1. The molecule has 0 aliphatic heterocycles. The highest BCUT2D eigenvalue weighted by Gasteiger charge is 2.33. The maximum atomic E-state index is 13.0. The Hall–Kier alpha value is -2.16. The summed E-state index contributed by atoms with van der Waals surface area (Å²) in [6.07, 6.45) is 1.87. The first-order valence-electron chi connectivity index (χ1n) is 11.8. The summed E-state index contributed by atoms with van der Waals surface area (Å²) in [4.78, 5) is 49.1. The summed E-state index contributed by atoms with van der Waals surface area (Å²) in [5, 5.41) is 8.07. The molecule has 0 saturated carbocycles. The minimum absolute atomic E-state index is 0.115. The van der Waals surface area contributed by atoms with Crippen molar-refractivity contribution in [3.8, 4) is 0 Å². The zero-order valence-electron chi connectivity index (χ0n) is 21.8. The molecule has 0 aromatic heterocycles. The van der Waals surface area contributed by atoms with E-state index in [9.17, 15) is 19.2 Å². The average Bonchev–Trinajstić information content (AvgIpc) is 2.65. The lowest BCUT2D eigenvalue weighted by Gasteiger charge is -2.28. The predicted octanol–water partition coefficient (Wildman–Crippen LogP) is 2.52. The van der Waals surface area contributed by atoms with E-state index in [1.54, 1.807) is 20.8 Å². The second-order valence-corrected chi connectivity index (χ2v) is 11.1. The molecule has 0 aromatic carbocycles. The van der Waals surface area contributed by atoms with Gasteiger partial charge in [0.1, 0.15) is 6.04 Å².